The van der Waals surface area contributed by atoms with E-state index in [9.17, 15) is 4.21 Å². The maximum atomic E-state index is 9.35. The fourth-order valence-corrected chi connectivity index (χ4v) is 0. The van der Waals surface area contributed by atoms with Gasteiger partial charge in [0.05, 0.1) is 5.88 Å². The molecule has 0 heterocycles. The molecule has 0 spiro atoms. The Labute approximate surface area is 51.3 Å². The number of rotatable bonds is 1. The van der Waals surface area contributed by atoms with E-state index in [1.54, 1.807) is 0 Å². The monoisotopic (exact) mass is 159 g/mol. The second-order valence-electron chi connectivity index (χ2n) is 0.488. The fraction of sp³-hybridized carbons (Fsp3) is 1.00. The van der Waals surface area contributed by atoms with Crippen LogP contribution in [0.1, 0.15) is 0 Å². The molecule has 3 nitrogen and oxygen atoms in total. The molecule has 0 aromatic rings. The van der Waals surface area contributed by atoms with Gasteiger partial charge in [-0.2, -0.15) is 0 Å². The third-order valence-corrected chi connectivity index (χ3v) is 0.428. The van der Waals surface area contributed by atoms with Crippen LogP contribution >= 0.6 is 0 Å². The zero-order valence-corrected chi connectivity index (χ0v) is 7.04. The van der Waals surface area contributed by atoms with Crippen LogP contribution in [0.3, 0.4) is 0 Å². The molecule has 0 amide bonds. The molecule has 3 N–H and O–H groups in total. The van der Waals surface area contributed by atoms with E-state index in [-0.39, 0.29) is 25.4 Å². The van der Waals surface area contributed by atoms with E-state index in [4.69, 9.17) is 4.55 Å². The molecule has 0 fully saturated rings. The third-order valence-electron chi connectivity index (χ3n) is 0.143. The summed E-state index contributed by atoms with van der Waals surface area (Å²) in [5.41, 5.74) is 4.62. The second-order valence-corrected chi connectivity index (χ2v) is 1.46. The standard InChI is InChI=1S/CH5NO2S.Zn/c2-1-5(3)4;/h1-2H2,(H,3,4);. The van der Waals surface area contributed by atoms with Crippen LogP contribution in [0.5, 0.6) is 0 Å². The van der Waals surface area contributed by atoms with E-state index < -0.39 is 11.1 Å². The van der Waals surface area contributed by atoms with Gasteiger partial charge in [-0.15, -0.1) is 0 Å². The molecule has 1 unspecified atom stereocenters. The van der Waals surface area contributed by atoms with Gasteiger partial charge in [-0.05, 0) is 0 Å². The average Bonchev–Trinajstić information content (AvgIpc) is 1.38. The Morgan fingerprint density at radius 3 is 2.00 bits per heavy atom. The van der Waals surface area contributed by atoms with Gasteiger partial charge in [-0.1, -0.05) is 0 Å². The van der Waals surface area contributed by atoms with Gasteiger partial charge in [0.15, 0.2) is 11.1 Å². The third kappa shape index (κ3) is 8.83. The van der Waals surface area contributed by atoms with Crippen molar-refractivity contribution in [3.05, 3.63) is 0 Å². The van der Waals surface area contributed by atoms with Crippen molar-refractivity contribution < 1.29 is 28.2 Å². The molecule has 34 valence electrons. The minimum absolute atomic E-state index is 0. The summed E-state index contributed by atoms with van der Waals surface area (Å²) in [5.74, 6) is -0.167. The molecule has 0 aromatic heterocycles. The number of nitrogens with two attached hydrogens (primary N) is 1. The molecule has 1 atom stereocenters. The molecule has 0 aromatic carbocycles. The summed E-state index contributed by atoms with van der Waals surface area (Å²) < 4.78 is 17.1. The maximum absolute atomic E-state index is 9.35. The molecule has 0 aliphatic rings. The van der Waals surface area contributed by atoms with Crippen molar-refractivity contribution in [2.45, 2.75) is 0 Å². The Kier molecular flexibility index (Phi) is 9.35. The summed E-state index contributed by atoms with van der Waals surface area (Å²) in [4.78, 5) is 0. The first-order valence-corrected chi connectivity index (χ1v) is 2.32. The molecule has 0 saturated heterocycles. The normalized spacial score (nSPS) is 12.3. The molecule has 0 rings (SSSR count). The molecule has 0 aliphatic carbocycles. The predicted octanol–water partition coefficient (Wildman–Crippen LogP) is -0.878. The van der Waals surface area contributed by atoms with Crippen molar-refractivity contribution in [2.24, 2.45) is 5.73 Å². The van der Waals surface area contributed by atoms with Crippen molar-refractivity contribution in [3.8, 4) is 0 Å². The van der Waals surface area contributed by atoms with E-state index >= 15 is 0 Å². The van der Waals surface area contributed by atoms with E-state index in [0.29, 0.717) is 0 Å². The summed E-state index contributed by atoms with van der Waals surface area (Å²) in [5, 5.41) is 0. The second kappa shape index (κ2) is 5.69. The Bertz CT molecular complexity index is 48.8. The molecule has 0 saturated carbocycles. The molecular formula is CH5NO2SZn. The van der Waals surface area contributed by atoms with Crippen molar-refractivity contribution >= 4 is 11.1 Å². The summed E-state index contributed by atoms with van der Waals surface area (Å²) in [6.45, 7) is 0. The summed E-state index contributed by atoms with van der Waals surface area (Å²) >= 11 is -1.79. The first kappa shape index (κ1) is 9.85. The van der Waals surface area contributed by atoms with Gasteiger partial charge in [0.1, 0.15) is 0 Å². The summed E-state index contributed by atoms with van der Waals surface area (Å²) in [6.07, 6.45) is 0. The minimum Gasteiger partial charge on any atom is -0.318 e. The van der Waals surface area contributed by atoms with E-state index in [1.807, 2.05) is 0 Å². The van der Waals surface area contributed by atoms with Gasteiger partial charge in [0, 0.05) is 19.5 Å². The Morgan fingerprint density at radius 2 is 2.00 bits per heavy atom. The topological polar surface area (TPSA) is 63.3 Å². The van der Waals surface area contributed by atoms with Crippen LogP contribution in [0, 0.1) is 0 Å². The molecular weight excluding hydrogens is 155 g/mol. The molecule has 6 heavy (non-hydrogen) atoms. The number of hydrogen-bond acceptors (Lipinski definition) is 2. The van der Waals surface area contributed by atoms with Gasteiger partial charge in [-0.3, -0.25) is 0 Å². The predicted molar refractivity (Wildman–Crippen MR) is 19.8 cm³/mol. The van der Waals surface area contributed by atoms with Crippen LogP contribution in [0.2, 0.25) is 0 Å². The van der Waals surface area contributed by atoms with Gasteiger partial charge in [0.2, 0.25) is 0 Å². The van der Waals surface area contributed by atoms with Crippen molar-refractivity contribution in [3.63, 3.8) is 0 Å². The van der Waals surface area contributed by atoms with Crippen LogP contribution in [0.4, 0.5) is 0 Å². The summed E-state index contributed by atoms with van der Waals surface area (Å²) in [6, 6.07) is 0. The first-order valence-electron chi connectivity index (χ1n) is 1.05. The van der Waals surface area contributed by atoms with E-state index in [2.05, 4.69) is 5.73 Å². The Morgan fingerprint density at radius 1 is 1.83 bits per heavy atom. The smallest absolute Gasteiger partial charge is 0.167 e. The summed E-state index contributed by atoms with van der Waals surface area (Å²) in [7, 11) is 0. The largest absolute Gasteiger partial charge is 0.318 e. The van der Waals surface area contributed by atoms with Gasteiger partial charge in [-0.25, -0.2) is 4.21 Å². The van der Waals surface area contributed by atoms with Gasteiger partial charge < -0.3 is 10.3 Å². The van der Waals surface area contributed by atoms with Crippen LogP contribution < -0.4 is 5.73 Å². The van der Waals surface area contributed by atoms with Crippen LogP contribution in [0.15, 0.2) is 0 Å². The van der Waals surface area contributed by atoms with E-state index in [1.165, 1.54) is 0 Å². The van der Waals surface area contributed by atoms with Gasteiger partial charge in [0.25, 0.3) is 0 Å². The van der Waals surface area contributed by atoms with Crippen LogP contribution in [0.25, 0.3) is 0 Å². The minimum atomic E-state index is -1.79. The maximum Gasteiger partial charge on any atom is 0.167 e. The van der Waals surface area contributed by atoms with E-state index in [0.717, 1.165) is 0 Å². The molecule has 0 aliphatic heterocycles. The van der Waals surface area contributed by atoms with Crippen molar-refractivity contribution in [2.75, 3.05) is 5.88 Å². The zero-order valence-electron chi connectivity index (χ0n) is 3.26. The number of hydrogen-bond donors (Lipinski definition) is 2. The SMILES string of the molecule is NCS(=O)O.[Zn]. The van der Waals surface area contributed by atoms with Crippen molar-refractivity contribution in [1.29, 1.82) is 0 Å². The Balaban J connectivity index is 0. The fourth-order valence-electron chi connectivity index (χ4n) is 0. The quantitative estimate of drug-likeness (QED) is 0.387. The average molecular weight is 161 g/mol. The van der Waals surface area contributed by atoms with Crippen LogP contribution in [-0.4, -0.2) is 14.6 Å². The first-order chi connectivity index (χ1) is 2.27. The van der Waals surface area contributed by atoms with Gasteiger partial charge >= 0.3 is 0 Å². The Hall–Kier alpha value is 0.693. The molecule has 0 bridgehead atoms. The van der Waals surface area contributed by atoms with Crippen LogP contribution in [-0.2, 0) is 30.6 Å². The molecule has 5 heteroatoms. The molecule has 0 radical (unpaired) electrons. The van der Waals surface area contributed by atoms with Crippen molar-refractivity contribution in [1.82, 2.24) is 0 Å². The zero-order chi connectivity index (χ0) is 4.28.